The summed E-state index contributed by atoms with van der Waals surface area (Å²) in [6.45, 7) is 4.57. The predicted octanol–water partition coefficient (Wildman–Crippen LogP) is 2.51. The molecule has 1 saturated heterocycles. The third kappa shape index (κ3) is 3.51. The van der Waals surface area contributed by atoms with Crippen LogP contribution in [0.4, 0.5) is 0 Å². The Labute approximate surface area is 105 Å². The second-order valence-electron chi connectivity index (χ2n) is 3.75. The number of thioether (sulfide) groups is 2. The highest BCUT2D eigenvalue weighted by Crippen LogP contribution is 2.32. The Hall–Kier alpha value is 0.0200. The van der Waals surface area contributed by atoms with Crippen molar-refractivity contribution in [2.45, 2.75) is 36.9 Å². The van der Waals surface area contributed by atoms with Crippen LogP contribution in [0.5, 0.6) is 0 Å². The summed E-state index contributed by atoms with van der Waals surface area (Å²) in [5, 5.41) is 11.9. The molecule has 0 aromatic rings. The van der Waals surface area contributed by atoms with E-state index < -0.39 is 5.37 Å². The van der Waals surface area contributed by atoms with Crippen LogP contribution in [0.25, 0.3) is 5.84 Å². The lowest BCUT2D eigenvalue weighted by Crippen LogP contribution is -2.42. The topological polar surface area (TPSA) is 70.2 Å². The summed E-state index contributed by atoms with van der Waals surface area (Å²) in [4.78, 5) is 10.9. The zero-order chi connectivity index (χ0) is 12.1. The Morgan fingerprint density at radius 3 is 3.00 bits per heavy atom. The van der Waals surface area contributed by atoms with Crippen molar-refractivity contribution in [3.05, 3.63) is 16.0 Å². The molecule has 5 nitrogen and oxygen atoms in total. The molecule has 1 rings (SSSR count). The van der Waals surface area contributed by atoms with E-state index in [-0.39, 0.29) is 16.2 Å². The van der Waals surface area contributed by atoms with E-state index in [1.54, 1.807) is 11.8 Å². The molecule has 1 N–H and O–H groups in total. The maximum absolute atomic E-state index is 11.0. The van der Waals surface area contributed by atoms with E-state index in [1.807, 2.05) is 13.8 Å². The Balaban J connectivity index is 2.75. The van der Waals surface area contributed by atoms with Crippen LogP contribution >= 0.6 is 23.5 Å². The van der Waals surface area contributed by atoms with E-state index in [2.05, 4.69) is 0 Å². The molecule has 3 atom stereocenters. The van der Waals surface area contributed by atoms with Crippen molar-refractivity contribution in [3.63, 3.8) is 0 Å². The van der Waals surface area contributed by atoms with E-state index in [4.69, 9.17) is 5.84 Å². The molecule has 0 spiro atoms. The summed E-state index contributed by atoms with van der Waals surface area (Å²) in [6, 6.07) is -0.0538. The summed E-state index contributed by atoms with van der Waals surface area (Å²) in [5.74, 6) is 9.46. The zero-order valence-corrected chi connectivity index (χ0v) is 11.2. The molecule has 0 aliphatic carbocycles. The van der Waals surface area contributed by atoms with Crippen molar-refractivity contribution < 1.29 is 4.92 Å². The van der Waals surface area contributed by atoms with Gasteiger partial charge in [-0.15, -0.1) is 11.8 Å². The molecule has 1 aliphatic rings. The van der Waals surface area contributed by atoms with Crippen LogP contribution in [0.2, 0.25) is 0 Å². The van der Waals surface area contributed by atoms with Crippen LogP contribution in [0, 0.1) is 10.1 Å². The van der Waals surface area contributed by atoms with E-state index in [9.17, 15) is 10.1 Å². The number of rotatable bonds is 4. The first-order chi connectivity index (χ1) is 7.57. The Kier molecular flexibility index (Phi) is 5.88. The maximum Gasteiger partial charge on any atom is 0.271 e. The molecule has 0 amide bonds. The molecule has 0 saturated carbocycles. The number of hydrogen-bond acceptors (Lipinski definition) is 5. The van der Waals surface area contributed by atoms with Crippen LogP contribution in [-0.4, -0.2) is 44.6 Å². The molecule has 1 fully saturated rings. The third-order valence-electron chi connectivity index (χ3n) is 2.65. The van der Waals surface area contributed by atoms with Crippen molar-refractivity contribution >= 4 is 23.5 Å². The zero-order valence-electron chi connectivity index (χ0n) is 9.59. The Morgan fingerprint density at radius 2 is 2.44 bits per heavy atom. The maximum atomic E-state index is 11.0. The fourth-order valence-corrected chi connectivity index (χ4v) is 4.35. The number of nitrogens with zero attached hydrogens (tertiary/aromatic N) is 2. The summed E-state index contributed by atoms with van der Waals surface area (Å²) < 4.78 is 0. The van der Waals surface area contributed by atoms with E-state index in [0.29, 0.717) is 6.54 Å². The lowest BCUT2D eigenvalue weighted by atomic mass is 10.2. The minimum absolute atomic E-state index is 0.0538. The first-order valence-electron chi connectivity index (χ1n) is 5.42. The monoisotopic (exact) mass is 264 g/mol. The molecule has 1 heterocycles. The van der Waals surface area contributed by atoms with Crippen molar-refractivity contribution in [2.75, 3.05) is 18.1 Å². The van der Waals surface area contributed by atoms with Gasteiger partial charge in [0.05, 0.1) is 5.25 Å². The van der Waals surface area contributed by atoms with Gasteiger partial charge in [-0.25, -0.2) is 0 Å². The van der Waals surface area contributed by atoms with Gasteiger partial charge in [0.1, 0.15) is 0 Å². The molecule has 94 valence electrons. The summed E-state index contributed by atoms with van der Waals surface area (Å²) >= 11 is 3.02. The molecule has 0 aromatic carbocycles. The Bertz CT molecular complexity index is 243. The van der Waals surface area contributed by atoms with Crippen molar-refractivity contribution in [2.24, 2.45) is 0 Å². The molecule has 0 radical (unpaired) electrons. The molecular weight excluding hydrogens is 246 g/mol. The normalized spacial score (nSPS) is 29.7. The lowest BCUT2D eigenvalue weighted by molar-refractivity contribution is -0.495. The highest BCUT2D eigenvalue weighted by molar-refractivity contribution is 8.03. The van der Waals surface area contributed by atoms with E-state index >= 15 is 0 Å². The fourth-order valence-electron chi connectivity index (χ4n) is 1.74. The molecule has 7 heteroatoms. The average molecular weight is 264 g/mol. The van der Waals surface area contributed by atoms with Gasteiger partial charge in [0.15, 0.2) is 0 Å². The largest absolute Gasteiger partial charge is 0.609 e. The van der Waals surface area contributed by atoms with E-state index in [0.717, 1.165) is 17.9 Å². The van der Waals surface area contributed by atoms with Crippen molar-refractivity contribution in [1.29, 1.82) is 0 Å². The highest BCUT2D eigenvalue weighted by atomic mass is 32.2. The van der Waals surface area contributed by atoms with Crippen LogP contribution in [0.3, 0.4) is 0 Å². The lowest BCUT2D eigenvalue weighted by Gasteiger charge is -2.36. The molecule has 0 bridgehead atoms. The van der Waals surface area contributed by atoms with Crippen LogP contribution < -0.4 is 0 Å². The van der Waals surface area contributed by atoms with Gasteiger partial charge in [-0.05, 0) is 31.4 Å². The van der Waals surface area contributed by atoms with Gasteiger partial charge in [-0.3, -0.25) is 10.1 Å². The van der Waals surface area contributed by atoms with Crippen molar-refractivity contribution in [3.8, 4) is 0 Å². The van der Waals surface area contributed by atoms with Gasteiger partial charge in [0.2, 0.25) is 0 Å². The second kappa shape index (κ2) is 6.68. The quantitative estimate of drug-likeness (QED) is 0.443. The molecule has 0 aromatic heterocycles. The van der Waals surface area contributed by atoms with Gasteiger partial charge in [0, 0.05) is 11.0 Å². The highest BCUT2D eigenvalue weighted by Gasteiger charge is 2.37. The molecular formula is C9H18N3O2S2-. The fraction of sp³-hybridized carbons (Fsp3) is 1.00. The molecule has 1 aliphatic heterocycles. The minimum atomic E-state index is -0.587. The van der Waals surface area contributed by atoms with Crippen LogP contribution in [0.1, 0.15) is 20.3 Å². The summed E-state index contributed by atoms with van der Waals surface area (Å²) in [5.41, 5.74) is 0. The predicted molar refractivity (Wildman–Crippen MR) is 70.3 cm³/mol. The van der Waals surface area contributed by atoms with Gasteiger partial charge >= 0.3 is 0 Å². The first kappa shape index (κ1) is 14.1. The number of nitrogens with one attached hydrogen (secondary N) is 1. The van der Waals surface area contributed by atoms with Gasteiger partial charge in [-0.2, -0.15) is 0 Å². The molecule has 3 unspecified atom stereocenters. The minimum Gasteiger partial charge on any atom is -0.609 e. The van der Waals surface area contributed by atoms with Crippen LogP contribution in [0.15, 0.2) is 0 Å². The van der Waals surface area contributed by atoms with Gasteiger partial charge in [-0.1, -0.05) is 18.7 Å². The first-order valence-corrected chi connectivity index (χ1v) is 7.52. The van der Waals surface area contributed by atoms with E-state index in [1.165, 1.54) is 16.8 Å². The Morgan fingerprint density at radius 1 is 1.75 bits per heavy atom. The summed E-state index contributed by atoms with van der Waals surface area (Å²) in [7, 11) is 0. The van der Waals surface area contributed by atoms with Crippen LogP contribution in [-0.2, 0) is 0 Å². The smallest absolute Gasteiger partial charge is 0.271 e. The average Bonchev–Trinajstić information content (AvgIpc) is 2.39. The van der Waals surface area contributed by atoms with Gasteiger partial charge < -0.3 is 10.9 Å². The number of nitro groups is 1. The van der Waals surface area contributed by atoms with Gasteiger partial charge in [0.25, 0.3) is 5.37 Å². The standard InChI is InChI=1S/C9H18N3O2S2/c1-3-15-9(12(13)14)8-7(2)11(10)5-4-6-16-8/h7-10H,3-6H2,1-2H3/q-1. The van der Waals surface area contributed by atoms with Crippen molar-refractivity contribution in [1.82, 2.24) is 5.01 Å². The SMILES string of the molecule is CCSC(C1SCCCN([NH-])C1C)[N+](=O)[O-]. The molecule has 16 heavy (non-hydrogen) atoms. The second-order valence-corrected chi connectivity index (χ2v) is 6.43. The summed E-state index contributed by atoms with van der Waals surface area (Å²) in [6.07, 6.45) is 0.941. The third-order valence-corrected chi connectivity index (χ3v) is 5.52. The number of hydrogen-bond donors (Lipinski definition) is 0.